The molecular formula is C23H27Cl2NO6. The van der Waals surface area contributed by atoms with Crippen LogP contribution in [-0.4, -0.2) is 38.9 Å². The molecule has 0 heterocycles. The molecule has 9 heteroatoms. The van der Waals surface area contributed by atoms with Gasteiger partial charge in [0.2, 0.25) is 0 Å². The van der Waals surface area contributed by atoms with Gasteiger partial charge in [0.1, 0.15) is 18.0 Å². The second kappa shape index (κ2) is 12.4. The predicted molar refractivity (Wildman–Crippen MR) is 125 cm³/mol. The van der Waals surface area contributed by atoms with E-state index < -0.39 is 12.1 Å². The first-order valence-electron chi connectivity index (χ1n) is 10.3. The van der Waals surface area contributed by atoms with Crippen LogP contribution in [0, 0.1) is 0 Å². The number of benzene rings is 2. The second-order valence-corrected chi connectivity index (χ2v) is 7.47. The molecule has 0 saturated heterocycles. The number of anilines is 1. The Hall–Kier alpha value is -2.64. The first-order valence-corrected chi connectivity index (χ1v) is 11.0. The lowest BCUT2D eigenvalue weighted by molar-refractivity contribution is -0.141. The predicted octanol–water partition coefficient (Wildman–Crippen LogP) is 6.27. The molecule has 0 aromatic heterocycles. The van der Waals surface area contributed by atoms with Crippen LogP contribution < -0.4 is 14.4 Å². The number of carbonyl (C=O) groups excluding carboxylic acids is 2. The van der Waals surface area contributed by atoms with Crippen LogP contribution in [0.25, 0.3) is 0 Å². The number of esters is 1. The fourth-order valence-corrected chi connectivity index (χ4v) is 3.55. The number of halogens is 2. The monoisotopic (exact) mass is 483 g/mol. The van der Waals surface area contributed by atoms with Crippen LogP contribution in [-0.2, 0) is 20.7 Å². The Morgan fingerprint density at radius 1 is 0.969 bits per heavy atom. The molecule has 7 nitrogen and oxygen atoms in total. The van der Waals surface area contributed by atoms with E-state index in [9.17, 15) is 9.59 Å². The van der Waals surface area contributed by atoms with E-state index in [1.165, 1.54) is 12.1 Å². The zero-order valence-corrected chi connectivity index (χ0v) is 20.1. The van der Waals surface area contributed by atoms with Gasteiger partial charge in [0.25, 0.3) is 0 Å². The minimum absolute atomic E-state index is 0.137. The fraction of sp³-hybridized carbons (Fsp3) is 0.391. The number of carbonyl (C=O) groups is 2. The Balaban J connectivity index is 2.36. The molecular weight excluding hydrogens is 457 g/mol. The summed E-state index contributed by atoms with van der Waals surface area (Å²) in [6.07, 6.45) is 1.05. The molecule has 0 unspecified atom stereocenters. The van der Waals surface area contributed by atoms with Crippen LogP contribution in [0.1, 0.15) is 32.8 Å². The van der Waals surface area contributed by atoms with E-state index in [0.717, 1.165) is 29.1 Å². The number of aryl methyl sites for hydroxylation is 1. The lowest BCUT2D eigenvalue weighted by Crippen LogP contribution is -2.37. The van der Waals surface area contributed by atoms with Crippen LogP contribution >= 0.6 is 23.2 Å². The number of ether oxygens (including phenoxy) is 4. The fourth-order valence-electron chi connectivity index (χ4n) is 3.00. The van der Waals surface area contributed by atoms with E-state index >= 15 is 0 Å². The number of amides is 1. The quantitative estimate of drug-likeness (QED) is 0.370. The van der Waals surface area contributed by atoms with Crippen LogP contribution in [0.5, 0.6) is 17.2 Å². The van der Waals surface area contributed by atoms with Crippen LogP contribution in [0.15, 0.2) is 30.3 Å². The van der Waals surface area contributed by atoms with Crippen molar-refractivity contribution < 1.29 is 28.5 Å². The highest BCUT2D eigenvalue weighted by Crippen LogP contribution is 2.40. The first-order chi connectivity index (χ1) is 15.3. The number of nitrogens with zero attached hydrogens (tertiary/aromatic N) is 1. The lowest BCUT2D eigenvalue weighted by Gasteiger charge is -2.22. The molecule has 174 valence electrons. The molecule has 0 radical (unpaired) electrons. The second-order valence-electron chi connectivity index (χ2n) is 6.65. The van der Waals surface area contributed by atoms with E-state index in [2.05, 4.69) is 6.92 Å². The van der Waals surface area contributed by atoms with E-state index in [0.29, 0.717) is 5.75 Å². The summed E-state index contributed by atoms with van der Waals surface area (Å²) in [5.41, 5.74) is 1.28. The van der Waals surface area contributed by atoms with E-state index in [4.69, 9.17) is 42.1 Å². The minimum atomic E-state index is -0.722. The summed E-state index contributed by atoms with van der Waals surface area (Å²) in [5.74, 6) is 0.954. The third kappa shape index (κ3) is 6.68. The third-order valence-corrected chi connectivity index (χ3v) is 4.93. The molecule has 0 fully saturated rings. The van der Waals surface area contributed by atoms with Crippen LogP contribution in [0.4, 0.5) is 10.5 Å². The molecule has 2 rings (SSSR count). The van der Waals surface area contributed by atoms with Gasteiger partial charge in [-0.3, -0.25) is 9.69 Å². The summed E-state index contributed by atoms with van der Waals surface area (Å²) in [4.78, 5) is 25.5. The van der Waals surface area contributed by atoms with Crippen molar-refractivity contribution in [3.63, 3.8) is 0 Å². The molecule has 0 aliphatic rings. The molecule has 0 saturated carbocycles. The van der Waals surface area contributed by atoms with Crippen molar-refractivity contribution >= 4 is 41.0 Å². The maximum atomic E-state index is 12.4. The minimum Gasteiger partial charge on any atom is -0.496 e. The Morgan fingerprint density at radius 3 is 2.19 bits per heavy atom. The number of rotatable bonds is 10. The Bertz CT molecular complexity index is 927. The summed E-state index contributed by atoms with van der Waals surface area (Å²) in [6.45, 7) is 5.39. The molecule has 0 aliphatic carbocycles. The van der Waals surface area contributed by atoms with Gasteiger partial charge in [0.15, 0.2) is 5.75 Å². The van der Waals surface area contributed by atoms with Gasteiger partial charge >= 0.3 is 12.1 Å². The van der Waals surface area contributed by atoms with Gasteiger partial charge in [-0.2, -0.15) is 0 Å². The van der Waals surface area contributed by atoms with Crippen molar-refractivity contribution in [3.8, 4) is 17.2 Å². The summed E-state index contributed by atoms with van der Waals surface area (Å²) >= 11 is 12.9. The van der Waals surface area contributed by atoms with Crippen molar-refractivity contribution in [1.82, 2.24) is 0 Å². The molecule has 32 heavy (non-hydrogen) atoms. The van der Waals surface area contributed by atoms with Crippen LogP contribution in [0.3, 0.4) is 0 Å². The Morgan fingerprint density at radius 2 is 1.62 bits per heavy atom. The maximum Gasteiger partial charge on any atom is 0.414 e. The average molecular weight is 484 g/mol. The Labute approximate surface area is 198 Å². The van der Waals surface area contributed by atoms with Gasteiger partial charge in [0, 0.05) is 0 Å². The molecule has 0 N–H and O–H groups in total. The van der Waals surface area contributed by atoms with Crippen molar-refractivity contribution in [3.05, 3.63) is 45.9 Å². The van der Waals surface area contributed by atoms with E-state index in [1.807, 2.05) is 12.1 Å². The number of methoxy groups -OCH3 is 1. The molecule has 2 aromatic rings. The van der Waals surface area contributed by atoms with Gasteiger partial charge in [0.05, 0.1) is 36.1 Å². The number of hydrogen-bond donors (Lipinski definition) is 0. The Kier molecular flexibility index (Phi) is 9.94. The average Bonchev–Trinajstić information content (AvgIpc) is 2.75. The highest BCUT2D eigenvalue weighted by molar-refractivity contribution is 6.37. The maximum absolute atomic E-state index is 12.4. The van der Waals surface area contributed by atoms with E-state index in [-0.39, 0.29) is 41.2 Å². The third-order valence-electron chi connectivity index (χ3n) is 4.37. The smallest absolute Gasteiger partial charge is 0.414 e. The summed E-state index contributed by atoms with van der Waals surface area (Å²) in [5, 5.41) is 0.331. The van der Waals surface area contributed by atoms with Gasteiger partial charge < -0.3 is 18.9 Å². The molecule has 0 atom stereocenters. The molecule has 0 aliphatic heterocycles. The summed E-state index contributed by atoms with van der Waals surface area (Å²) < 4.78 is 21.3. The molecule has 0 bridgehead atoms. The first kappa shape index (κ1) is 25.6. The highest BCUT2D eigenvalue weighted by Gasteiger charge is 2.24. The number of hydrogen-bond acceptors (Lipinski definition) is 6. The van der Waals surface area contributed by atoms with Crippen molar-refractivity contribution in [2.75, 3.05) is 31.8 Å². The summed E-state index contributed by atoms with van der Waals surface area (Å²) in [6, 6.07) is 8.40. The lowest BCUT2D eigenvalue weighted by atomic mass is 10.1. The standard InChI is InChI=1S/C23H27Cl2NO6/c1-5-8-15-11-17(9-10-20(15)29-4)32-22-18(24)12-16(13-19(22)25)26(23(28)31-7-3)14-21(27)30-6-2/h9-13H,5-8,14H2,1-4H3. The van der Waals surface area contributed by atoms with Gasteiger partial charge in [-0.15, -0.1) is 0 Å². The largest absolute Gasteiger partial charge is 0.496 e. The molecule has 1 amide bonds. The van der Waals surface area contributed by atoms with Gasteiger partial charge in [-0.1, -0.05) is 36.5 Å². The molecule has 2 aromatic carbocycles. The van der Waals surface area contributed by atoms with Crippen molar-refractivity contribution in [2.45, 2.75) is 33.6 Å². The van der Waals surface area contributed by atoms with Crippen LogP contribution in [0.2, 0.25) is 10.0 Å². The van der Waals surface area contributed by atoms with Gasteiger partial charge in [-0.25, -0.2) is 4.79 Å². The normalized spacial score (nSPS) is 10.4. The topological polar surface area (TPSA) is 74.3 Å². The van der Waals surface area contributed by atoms with E-state index in [1.54, 1.807) is 27.0 Å². The van der Waals surface area contributed by atoms with Crippen molar-refractivity contribution in [2.24, 2.45) is 0 Å². The van der Waals surface area contributed by atoms with Crippen molar-refractivity contribution in [1.29, 1.82) is 0 Å². The molecule has 0 spiro atoms. The zero-order chi connectivity index (χ0) is 23.7. The van der Waals surface area contributed by atoms with Gasteiger partial charge in [-0.05, 0) is 56.2 Å². The SMILES string of the molecule is CCCc1cc(Oc2c(Cl)cc(N(CC(=O)OCC)C(=O)OCC)cc2Cl)ccc1OC. The highest BCUT2D eigenvalue weighted by atomic mass is 35.5. The zero-order valence-electron chi connectivity index (χ0n) is 18.6. The summed E-state index contributed by atoms with van der Waals surface area (Å²) in [7, 11) is 1.62.